The van der Waals surface area contributed by atoms with Crippen LogP contribution in [-0.2, 0) is 5.41 Å². The lowest BCUT2D eigenvalue weighted by Crippen LogP contribution is -2.28. The minimum Gasteiger partial charge on any atom is -0.456 e. The Kier molecular flexibility index (Phi) is 6.36. The third-order valence-corrected chi connectivity index (χ3v) is 10.0. The Morgan fingerprint density at radius 3 is 1.52 bits per heavy atom. The highest BCUT2D eigenvalue weighted by atomic mass is 16.3. The van der Waals surface area contributed by atoms with Crippen LogP contribution in [0.2, 0.25) is 0 Å². The van der Waals surface area contributed by atoms with Crippen LogP contribution in [0.1, 0.15) is 22.3 Å². The molecule has 0 radical (unpaired) electrons. The van der Waals surface area contributed by atoms with Gasteiger partial charge < -0.3 is 4.42 Å². The second kappa shape index (κ2) is 11.2. The fraction of sp³-hybridized carbons (Fsp3) is 0.0217. The van der Waals surface area contributed by atoms with Crippen LogP contribution in [0.4, 0.5) is 0 Å². The highest BCUT2D eigenvalue weighted by Gasteiger charge is 2.47. The molecule has 4 nitrogen and oxygen atoms in total. The van der Waals surface area contributed by atoms with E-state index in [-0.39, 0.29) is 0 Å². The van der Waals surface area contributed by atoms with Crippen molar-refractivity contribution >= 4 is 21.9 Å². The van der Waals surface area contributed by atoms with E-state index in [2.05, 4.69) is 115 Å². The Morgan fingerprint density at radius 1 is 0.400 bits per heavy atom. The van der Waals surface area contributed by atoms with Gasteiger partial charge in [-0.05, 0) is 51.6 Å². The first-order chi connectivity index (χ1) is 24.8. The number of benzene rings is 7. The molecule has 1 aliphatic carbocycles. The maximum absolute atomic E-state index is 6.69. The molecule has 0 fully saturated rings. The molecule has 4 heteroatoms. The largest absolute Gasteiger partial charge is 0.456 e. The molecular weight excluding hydrogens is 611 g/mol. The van der Waals surface area contributed by atoms with Crippen molar-refractivity contribution in [2.24, 2.45) is 0 Å². The number of nitrogens with zero attached hydrogens (tertiary/aromatic N) is 3. The second-order valence-corrected chi connectivity index (χ2v) is 12.7. The average molecular weight is 640 g/mol. The molecular formula is C46H29N3O. The van der Waals surface area contributed by atoms with Gasteiger partial charge in [0.2, 0.25) is 0 Å². The van der Waals surface area contributed by atoms with Crippen LogP contribution in [0.15, 0.2) is 180 Å². The summed E-state index contributed by atoms with van der Waals surface area (Å²) in [5, 5.41) is 2.18. The zero-order valence-electron chi connectivity index (χ0n) is 27.0. The van der Waals surface area contributed by atoms with E-state index in [1.54, 1.807) is 0 Å². The summed E-state index contributed by atoms with van der Waals surface area (Å²) in [7, 11) is 0. The molecule has 0 aliphatic heterocycles. The van der Waals surface area contributed by atoms with Crippen LogP contribution in [0.5, 0.6) is 0 Å². The Bertz CT molecular complexity index is 2590. The first-order valence-corrected chi connectivity index (χ1v) is 16.9. The quantitative estimate of drug-likeness (QED) is 0.188. The number of aromatic nitrogens is 3. The zero-order chi connectivity index (χ0) is 33.1. The second-order valence-electron chi connectivity index (χ2n) is 12.7. The molecule has 234 valence electrons. The van der Waals surface area contributed by atoms with Crippen molar-refractivity contribution in [2.75, 3.05) is 0 Å². The Labute approximate surface area is 289 Å². The fourth-order valence-corrected chi connectivity index (χ4v) is 7.87. The fourth-order valence-electron chi connectivity index (χ4n) is 7.87. The van der Waals surface area contributed by atoms with Gasteiger partial charge >= 0.3 is 0 Å². The van der Waals surface area contributed by atoms with Crippen molar-refractivity contribution in [3.05, 3.63) is 198 Å². The minimum absolute atomic E-state index is 0.473. The zero-order valence-corrected chi connectivity index (χ0v) is 27.0. The topological polar surface area (TPSA) is 51.8 Å². The average Bonchev–Trinajstić information content (AvgIpc) is 3.72. The van der Waals surface area contributed by atoms with Gasteiger partial charge in [0, 0.05) is 27.5 Å². The van der Waals surface area contributed by atoms with Gasteiger partial charge in [-0.25, -0.2) is 15.0 Å². The monoisotopic (exact) mass is 639 g/mol. The molecule has 0 saturated carbocycles. The third kappa shape index (κ3) is 4.22. The molecule has 50 heavy (non-hydrogen) atoms. The molecule has 0 saturated heterocycles. The highest BCUT2D eigenvalue weighted by molar-refractivity contribution is 6.16. The van der Waals surface area contributed by atoms with E-state index in [0.717, 1.165) is 38.6 Å². The lowest BCUT2D eigenvalue weighted by atomic mass is 9.67. The normalized spacial score (nSPS) is 13.0. The van der Waals surface area contributed by atoms with Gasteiger partial charge in [0.1, 0.15) is 11.2 Å². The van der Waals surface area contributed by atoms with E-state index < -0.39 is 5.41 Å². The SMILES string of the molecule is c1ccc(-c2nc(-c3ccccc3)nc(-c3ccc4c(c3)oc3ccc5c(c34)-c3ccccc3C5(c3ccccc3)c3ccccc3)n2)cc1. The summed E-state index contributed by atoms with van der Waals surface area (Å²) in [6, 6.07) is 61.5. The summed E-state index contributed by atoms with van der Waals surface area (Å²) < 4.78 is 6.69. The molecule has 10 rings (SSSR count). The molecule has 2 aromatic heterocycles. The Balaban J connectivity index is 1.21. The van der Waals surface area contributed by atoms with Crippen LogP contribution in [-0.4, -0.2) is 15.0 Å². The van der Waals surface area contributed by atoms with E-state index in [0.29, 0.717) is 17.5 Å². The van der Waals surface area contributed by atoms with Gasteiger partial charge in [-0.3, -0.25) is 0 Å². The summed E-state index contributed by atoms with van der Waals surface area (Å²) >= 11 is 0. The molecule has 0 bridgehead atoms. The molecule has 7 aromatic carbocycles. The molecule has 0 N–H and O–H groups in total. The molecule has 0 spiro atoms. The molecule has 0 unspecified atom stereocenters. The van der Waals surface area contributed by atoms with Gasteiger partial charge in [0.05, 0.1) is 5.41 Å². The maximum atomic E-state index is 6.69. The molecule has 1 aliphatic rings. The predicted molar refractivity (Wildman–Crippen MR) is 201 cm³/mol. The van der Waals surface area contributed by atoms with Crippen molar-refractivity contribution < 1.29 is 4.42 Å². The van der Waals surface area contributed by atoms with Crippen LogP contribution in [0.25, 0.3) is 67.2 Å². The molecule has 0 atom stereocenters. The van der Waals surface area contributed by atoms with E-state index in [1.165, 1.54) is 33.4 Å². The van der Waals surface area contributed by atoms with Crippen molar-refractivity contribution in [3.63, 3.8) is 0 Å². The number of hydrogen-bond acceptors (Lipinski definition) is 4. The van der Waals surface area contributed by atoms with E-state index in [9.17, 15) is 0 Å². The van der Waals surface area contributed by atoms with Gasteiger partial charge in [-0.1, -0.05) is 158 Å². The van der Waals surface area contributed by atoms with Gasteiger partial charge in [-0.15, -0.1) is 0 Å². The maximum Gasteiger partial charge on any atom is 0.164 e. The van der Waals surface area contributed by atoms with Crippen LogP contribution in [0.3, 0.4) is 0 Å². The van der Waals surface area contributed by atoms with Crippen molar-refractivity contribution in [3.8, 4) is 45.3 Å². The van der Waals surface area contributed by atoms with Crippen molar-refractivity contribution in [2.45, 2.75) is 5.41 Å². The smallest absolute Gasteiger partial charge is 0.164 e. The number of hydrogen-bond donors (Lipinski definition) is 0. The number of fused-ring (bicyclic) bond motifs is 7. The molecule has 2 heterocycles. The van der Waals surface area contributed by atoms with Gasteiger partial charge in [0.15, 0.2) is 17.5 Å². The third-order valence-electron chi connectivity index (χ3n) is 10.0. The van der Waals surface area contributed by atoms with Gasteiger partial charge in [-0.2, -0.15) is 0 Å². The summed E-state index contributed by atoms with van der Waals surface area (Å²) in [5.41, 5.74) is 11.4. The van der Waals surface area contributed by atoms with E-state index in [1.807, 2.05) is 60.7 Å². The highest BCUT2D eigenvalue weighted by Crippen LogP contribution is 2.58. The van der Waals surface area contributed by atoms with E-state index in [4.69, 9.17) is 19.4 Å². The Morgan fingerprint density at radius 2 is 0.920 bits per heavy atom. The standard InChI is InChI=1S/C46H29N3O/c1-5-15-30(16-6-1)43-47-44(31-17-7-2-8-18-31)49-45(48-43)32-25-26-36-40(29-32)50-39-28-27-38-41(42(36)39)35-23-13-14-24-37(35)46(38,33-19-9-3-10-20-33)34-21-11-4-12-22-34/h1-29H. The van der Waals surface area contributed by atoms with Crippen LogP contribution >= 0.6 is 0 Å². The summed E-state index contributed by atoms with van der Waals surface area (Å²) in [6.07, 6.45) is 0. The summed E-state index contributed by atoms with van der Waals surface area (Å²) in [4.78, 5) is 14.8. The lowest BCUT2D eigenvalue weighted by molar-refractivity contribution is 0.668. The number of furan rings is 1. The Hall–Kier alpha value is -6.65. The number of rotatable bonds is 5. The first-order valence-electron chi connectivity index (χ1n) is 16.9. The summed E-state index contributed by atoms with van der Waals surface area (Å²) in [6.45, 7) is 0. The van der Waals surface area contributed by atoms with Crippen LogP contribution in [0, 0.1) is 0 Å². The molecule has 9 aromatic rings. The molecule has 0 amide bonds. The first kappa shape index (κ1) is 28.4. The van der Waals surface area contributed by atoms with Crippen molar-refractivity contribution in [1.29, 1.82) is 0 Å². The lowest BCUT2D eigenvalue weighted by Gasteiger charge is -2.33. The van der Waals surface area contributed by atoms with Crippen molar-refractivity contribution in [1.82, 2.24) is 15.0 Å². The summed E-state index contributed by atoms with van der Waals surface area (Å²) in [5.74, 6) is 1.86. The predicted octanol–water partition coefficient (Wildman–Crippen LogP) is 11.1. The van der Waals surface area contributed by atoms with Crippen LogP contribution < -0.4 is 0 Å². The van der Waals surface area contributed by atoms with Gasteiger partial charge in [0.25, 0.3) is 0 Å². The van der Waals surface area contributed by atoms with E-state index >= 15 is 0 Å². The minimum atomic E-state index is -0.473.